The number of carbonyl (C=O) groups excluding carboxylic acids is 1. The van der Waals surface area contributed by atoms with Gasteiger partial charge >= 0.3 is 0 Å². The number of nitrogens with zero attached hydrogens (tertiary/aromatic N) is 1. The molecule has 4 aromatic rings. The Hall–Kier alpha value is -3.88. The summed E-state index contributed by atoms with van der Waals surface area (Å²) in [5, 5.41) is 3.36. The largest absolute Gasteiger partial charge is 0.484 e. The molecule has 6 nitrogen and oxygen atoms in total. The second kappa shape index (κ2) is 12.3. The zero-order chi connectivity index (χ0) is 28.0. The van der Waals surface area contributed by atoms with Crippen LogP contribution < -0.4 is 14.4 Å². The van der Waals surface area contributed by atoms with Gasteiger partial charge in [-0.1, -0.05) is 53.6 Å². The van der Waals surface area contributed by atoms with Gasteiger partial charge in [0.1, 0.15) is 11.6 Å². The number of hydrogen-bond donors (Lipinski definition) is 1. The van der Waals surface area contributed by atoms with Crippen LogP contribution in [0.4, 0.5) is 10.1 Å². The molecule has 0 aliphatic heterocycles. The monoisotopic (exact) mass is 566 g/mol. The number of benzene rings is 4. The van der Waals surface area contributed by atoms with Crippen molar-refractivity contribution in [1.82, 2.24) is 5.32 Å². The number of rotatable bonds is 10. The van der Waals surface area contributed by atoms with E-state index in [1.165, 1.54) is 16.4 Å². The molecule has 4 aromatic carbocycles. The third-order valence-electron chi connectivity index (χ3n) is 6.09. The first-order valence-electron chi connectivity index (χ1n) is 12.2. The maximum Gasteiger partial charge on any atom is 0.264 e. The van der Waals surface area contributed by atoms with Crippen molar-refractivity contribution in [3.63, 3.8) is 0 Å². The van der Waals surface area contributed by atoms with Crippen LogP contribution in [0.3, 0.4) is 0 Å². The number of nitrogens with one attached hydrogen (secondary N) is 1. The minimum absolute atomic E-state index is 0.0945. The molecule has 0 spiro atoms. The number of halogens is 2. The predicted molar refractivity (Wildman–Crippen MR) is 151 cm³/mol. The first-order chi connectivity index (χ1) is 18.6. The van der Waals surface area contributed by atoms with Crippen molar-refractivity contribution in [2.75, 3.05) is 10.9 Å². The average molecular weight is 567 g/mol. The van der Waals surface area contributed by atoms with Crippen LogP contribution in [-0.4, -0.2) is 20.9 Å². The molecule has 0 aromatic heterocycles. The lowest BCUT2D eigenvalue weighted by atomic mass is 10.1. The SMILES string of the molecule is Cc1ccc(S(=O)(=O)N(Cc2ccc(Cl)cc2)c2ccc(OCC(=O)N[C@@H](C)c3ccc(F)cc3)cc2)cc1. The van der Waals surface area contributed by atoms with Crippen LogP contribution in [0, 0.1) is 12.7 Å². The van der Waals surface area contributed by atoms with Crippen molar-refractivity contribution in [2.24, 2.45) is 0 Å². The maximum absolute atomic E-state index is 13.6. The van der Waals surface area contributed by atoms with Crippen LogP contribution in [0.25, 0.3) is 0 Å². The summed E-state index contributed by atoms with van der Waals surface area (Å²) < 4.78 is 47.4. The number of sulfonamides is 1. The van der Waals surface area contributed by atoms with Crippen LogP contribution >= 0.6 is 11.6 Å². The molecule has 39 heavy (non-hydrogen) atoms. The number of hydrogen-bond acceptors (Lipinski definition) is 4. The van der Waals surface area contributed by atoms with Gasteiger partial charge < -0.3 is 10.1 Å². The first-order valence-corrected chi connectivity index (χ1v) is 14.1. The number of ether oxygens (including phenoxy) is 1. The molecule has 0 aliphatic rings. The van der Waals surface area contributed by atoms with Gasteiger partial charge in [-0.15, -0.1) is 0 Å². The molecule has 0 heterocycles. The van der Waals surface area contributed by atoms with Crippen molar-refractivity contribution in [2.45, 2.75) is 31.3 Å². The van der Waals surface area contributed by atoms with Crippen LogP contribution in [0.15, 0.2) is 102 Å². The summed E-state index contributed by atoms with van der Waals surface area (Å²) in [4.78, 5) is 12.5. The number of anilines is 1. The highest BCUT2D eigenvalue weighted by Crippen LogP contribution is 2.28. The van der Waals surface area contributed by atoms with Crippen molar-refractivity contribution in [3.8, 4) is 5.75 Å². The Labute approximate surface area is 233 Å². The number of aryl methyl sites for hydroxylation is 1. The van der Waals surface area contributed by atoms with Gasteiger partial charge in [0, 0.05) is 5.02 Å². The summed E-state index contributed by atoms with van der Waals surface area (Å²) >= 11 is 6.01. The van der Waals surface area contributed by atoms with Gasteiger partial charge in [-0.2, -0.15) is 0 Å². The molecule has 9 heteroatoms. The van der Waals surface area contributed by atoms with E-state index >= 15 is 0 Å². The average Bonchev–Trinajstić information content (AvgIpc) is 2.92. The lowest BCUT2D eigenvalue weighted by Crippen LogP contribution is -2.31. The quantitative estimate of drug-likeness (QED) is 0.240. The molecule has 202 valence electrons. The maximum atomic E-state index is 13.6. The second-order valence-corrected chi connectivity index (χ2v) is 11.4. The Morgan fingerprint density at radius 2 is 1.54 bits per heavy atom. The Balaban J connectivity index is 1.48. The first kappa shape index (κ1) is 28.1. The van der Waals surface area contributed by atoms with E-state index in [1.807, 2.05) is 6.92 Å². The standard InChI is InChI=1S/C30H28ClFN2O4S/c1-21-3-17-29(18-4-21)39(36,37)34(19-23-5-9-25(31)10-6-23)27-13-15-28(16-14-27)38-20-30(35)33-22(2)24-7-11-26(32)12-8-24/h3-18,22H,19-20H2,1-2H3,(H,33,35)/t22-/m0/s1. The van der Waals surface area contributed by atoms with Crippen LogP contribution in [0.2, 0.25) is 5.02 Å². The van der Waals surface area contributed by atoms with Gasteiger partial charge in [-0.3, -0.25) is 9.10 Å². The van der Waals surface area contributed by atoms with Crippen LogP contribution in [0.1, 0.15) is 29.7 Å². The molecule has 0 radical (unpaired) electrons. The van der Waals surface area contributed by atoms with E-state index in [4.69, 9.17) is 16.3 Å². The number of carbonyl (C=O) groups is 1. The van der Waals surface area contributed by atoms with Gasteiger partial charge in [0.05, 0.1) is 23.2 Å². The summed E-state index contributed by atoms with van der Waals surface area (Å²) in [6.07, 6.45) is 0. The van der Waals surface area contributed by atoms with E-state index in [-0.39, 0.29) is 35.8 Å². The van der Waals surface area contributed by atoms with Crippen molar-refractivity contribution >= 4 is 33.2 Å². The topological polar surface area (TPSA) is 75.7 Å². The molecule has 1 atom stereocenters. The third-order valence-corrected chi connectivity index (χ3v) is 8.13. The lowest BCUT2D eigenvalue weighted by molar-refractivity contribution is -0.123. The Bertz CT molecular complexity index is 1510. The molecule has 0 aliphatic carbocycles. The van der Waals surface area contributed by atoms with Crippen molar-refractivity contribution in [1.29, 1.82) is 0 Å². The van der Waals surface area contributed by atoms with Gasteiger partial charge in [-0.25, -0.2) is 12.8 Å². The Morgan fingerprint density at radius 3 is 2.15 bits per heavy atom. The highest BCUT2D eigenvalue weighted by molar-refractivity contribution is 7.92. The summed E-state index contributed by atoms with van der Waals surface area (Å²) in [7, 11) is -3.89. The summed E-state index contributed by atoms with van der Waals surface area (Å²) in [6, 6.07) is 25.8. The van der Waals surface area contributed by atoms with E-state index in [2.05, 4.69) is 5.32 Å². The normalized spacial score (nSPS) is 12.0. The fourth-order valence-corrected chi connectivity index (χ4v) is 5.46. The van der Waals surface area contributed by atoms with E-state index in [1.54, 1.807) is 91.9 Å². The third kappa shape index (κ3) is 7.37. The molecule has 0 bridgehead atoms. The predicted octanol–water partition coefficient (Wildman–Crippen LogP) is 6.44. The van der Waals surface area contributed by atoms with E-state index in [9.17, 15) is 17.6 Å². The zero-order valence-electron chi connectivity index (χ0n) is 21.5. The summed E-state index contributed by atoms with van der Waals surface area (Å²) in [5.41, 5.74) is 2.93. The molecule has 4 rings (SSSR count). The summed E-state index contributed by atoms with van der Waals surface area (Å²) in [5.74, 6) is -0.285. The molecular formula is C30H28ClFN2O4S. The van der Waals surface area contributed by atoms with Gasteiger partial charge in [-0.05, 0) is 85.6 Å². The second-order valence-electron chi connectivity index (χ2n) is 9.07. The fourth-order valence-electron chi connectivity index (χ4n) is 3.88. The molecule has 1 amide bonds. The fraction of sp³-hybridized carbons (Fsp3) is 0.167. The van der Waals surface area contributed by atoms with E-state index in [0.29, 0.717) is 16.5 Å². The Kier molecular flexibility index (Phi) is 8.89. The van der Waals surface area contributed by atoms with E-state index < -0.39 is 10.0 Å². The molecule has 0 unspecified atom stereocenters. The van der Waals surface area contributed by atoms with Gasteiger partial charge in [0.25, 0.3) is 15.9 Å². The van der Waals surface area contributed by atoms with Crippen molar-refractivity contribution < 1.29 is 22.3 Å². The minimum atomic E-state index is -3.89. The highest BCUT2D eigenvalue weighted by Gasteiger charge is 2.25. The molecule has 0 saturated carbocycles. The highest BCUT2D eigenvalue weighted by atomic mass is 35.5. The molecular weight excluding hydrogens is 539 g/mol. The Morgan fingerprint density at radius 1 is 0.923 bits per heavy atom. The van der Waals surface area contributed by atoms with Crippen LogP contribution in [0.5, 0.6) is 5.75 Å². The molecule has 0 saturated heterocycles. The minimum Gasteiger partial charge on any atom is -0.484 e. The van der Waals surface area contributed by atoms with E-state index in [0.717, 1.165) is 16.7 Å². The molecule has 0 fully saturated rings. The van der Waals surface area contributed by atoms with Crippen LogP contribution in [-0.2, 0) is 21.4 Å². The summed E-state index contributed by atoms with van der Waals surface area (Å²) in [6.45, 7) is 3.55. The van der Waals surface area contributed by atoms with Gasteiger partial charge in [0.2, 0.25) is 0 Å². The molecule has 1 N–H and O–H groups in total. The smallest absolute Gasteiger partial charge is 0.264 e. The van der Waals surface area contributed by atoms with Crippen molar-refractivity contribution in [3.05, 3.63) is 125 Å². The number of amides is 1. The lowest BCUT2D eigenvalue weighted by Gasteiger charge is -2.25. The zero-order valence-corrected chi connectivity index (χ0v) is 23.0. The van der Waals surface area contributed by atoms with Gasteiger partial charge in [0.15, 0.2) is 6.61 Å².